The summed E-state index contributed by atoms with van der Waals surface area (Å²) in [5, 5.41) is 1.11. The monoisotopic (exact) mass is 340 g/mol. The van der Waals surface area contributed by atoms with Crippen molar-refractivity contribution in [3.05, 3.63) is 101 Å². The number of aromatic nitrogens is 2. The van der Waals surface area contributed by atoms with Gasteiger partial charge in [-0.2, -0.15) is 0 Å². The molecule has 2 heterocycles. The topological polar surface area (TPSA) is 34.9 Å². The van der Waals surface area contributed by atoms with Crippen molar-refractivity contribution < 1.29 is 4.79 Å². The largest absolute Gasteiger partial charge is 0.340 e. The van der Waals surface area contributed by atoms with Crippen LogP contribution in [0.5, 0.6) is 0 Å². The van der Waals surface area contributed by atoms with Gasteiger partial charge < -0.3 is 4.57 Å². The Morgan fingerprint density at radius 2 is 1.73 bits per heavy atom. The summed E-state index contributed by atoms with van der Waals surface area (Å²) in [6.07, 6.45) is 3.91. The van der Waals surface area contributed by atoms with E-state index in [-0.39, 0.29) is 5.78 Å². The van der Waals surface area contributed by atoms with E-state index >= 15 is 0 Å². The molecule has 0 amide bonds. The van der Waals surface area contributed by atoms with E-state index in [9.17, 15) is 4.79 Å². The number of benzene rings is 2. The number of rotatable bonds is 4. The van der Waals surface area contributed by atoms with Crippen LogP contribution in [0.25, 0.3) is 10.9 Å². The average molecular weight is 340 g/mol. The van der Waals surface area contributed by atoms with Gasteiger partial charge in [-0.25, -0.2) is 0 Å². The molecule has 0 aliphatic carbocycles. The Bertz CT molecular complexity index is 1090. The Hall–Kier alpha value is -3.20. The first-order valence-electron chi connectivity index (χ1n) is 8.72. The van der Waals surface area contributed by atoms with Gasteiger partial charge in [0.15, 0.2) is 0 Å². The molecule has 3 heteroatoms. The van der Waals surface area contributed by atoms with Crippen LogP contribution >= 0.6 is 0 Å². The van der Waals surface area contributed by atoms with Crippen LogP contribution in [0.1, 0.15) is 32.7 Å². The SMILES string of the molecule is Cc1ccc(C(=O)c2cc(C)cn2Cc2cnc3ccccc3c2)cc1. The standard InChI is InChI=1S/C23H20N2O/c1-16-7-9-19(10-8-16)23(26)22-11-17(2)14-25(22)15-18-12-20-5-3-4-6-21(20)24-13-18/h3-14H,15H2,1-2H3. The van der Waals surface area contributed by atoms with Gasteiger partial charge in [0.1, 0.15) is 0 Å². The van der Waals surface area contributed by atoms with Gasteiger partial charge in [-0.15, -0.1) is 0 Å². The van der Waals surface area contributed by atoms with Gasteiger partial charge >= 0.3 is 0 Å². The minimum atomic E-state index is 0.0480. The molecule has 0 atom stereocenters. The summed E-state index contributed by atoms with van der Waals surface area (Å²) in [5.74, 6) is 0.0480. The minimum absolute atomic E-state index is 0.0480. The van der Waals surface area contributed by atoms with Crippen molar-refractivity contribution in [2.45, 2.75) is 20.4 Å². The third-order valence-electron chi connectivity index (χ3n) is 4.58. The number of pyridine rings is 1. The van der Waals surface area contributed by atoms with Crippen LogP contribution in [0.2, 0.25) is 0 Å². The smallest absolute Gasteiger partial charge is 0.209 e. The lowest BCUT2D eigenvalue weighted by Crippen LogP contribution is -2.10. The fourth-order valence-corrected chi connectivity index (χ4v) is 3.23. The zero-order valence-electron chi connectivity index (χ0n) is 14.9. The van der Waals surface area contributed by atoms with E-state index in [4.69, 9.17) is 0 Å². The molecule has 3 nitrogen and oxygen atoms in total. The van der Waals surface area contributed by atoms with E-state index in [1.807, 2.05) is 79.3 Å². The van der Waals surface area contributed by atoms with E-state index in [0.29, 0.717) is 17.8 Å². The molecule has 0 N–H and O–H groups in total. The van der Waals surface area contributed by atoms with Crippen LogP contribution in [0.3, 0.4) is 0 Å². The average Bonchev–Trinajstić information content (AvgIpc) is 3.02. The molecule has 0 aliphatic rings. The molecule has 4 rings (SSSR count). The van der Waals surface area contributed by atoms with Gasteiger partial charge in [-0.1, -0.05) is 48.0 Å². The lowest BCUT2D eigenvalue weighted by atomic mass is 10.1. The number of hydrogen-bond acceptors (Lipinski definition) is 2. The normalized spacial score (nSPS) is 11.0. The summed E-state index contributed by atoms with van der Waals surface area (Å²) in [7, 11) is 0. The zero-order valence-corrected chi connectivity index (χ0v) is 14.9. The highest BCUT2D eigenvalue weighted by Crippen LogP contribution is 2.18. The Morgan fingerprint density at radius 1 is 0.962 bits per heavy atom. The molecule has 0 saturated heterocycles. The fraction of sp³-hybridized carbons (Fsp3) is 0.130. The molecule has 0 aliphatic heterocycles. The van der Waals surface area contributed by atoms with Gasteiger partial charge in [0.25, 0.3) is 0 Å². The number of ketones is 1. The van der Waals surface area contributed by atoms with Crippen molar-refractivity contribution in [3.63, 3.8) is 0 Å². The van der Waals surface area contributed by atoms with E-state index in [2.05, 4.69) is 17.1 Å². The highest BCUT2D eigenvalue weighted by Gasteiger charge is 2.15. The predicted molar refractivity (Wildman–Crippen MR) is 105 cm³/mol. The van der Waals surface area contributed by atoms with E-state index in [1.165, 1.54) is 0 Å². The number of carbonyl (C=O) groups is 1. The van der Waals surface area contributed by atoms with Gasteiger partial charge in [0, 0.05) is 29.9 Å². The number of fused-ring (bicyclic) bond motifs is 1. The van der Waals surface area contributed by atoms with E-state index in [0.717, 1.165) is 27.6 Å². The van der Waals surface area contributed by atoms with Crippen LogP contribution in [0.15, 0.2) is 73.1 Å². The summed E-state index contributed by atoms with van der Waals surface area (Å²) in [4.78, 5) is 17.5. The van der Waals surface area contributed by atoms with Crippen molar-refractivity contribution in [2.75, 3.05) is 0 Å². The first kappa shape index (κ1) is 16.3. The number of hydrogen-bond donors (Lipinski definition) is 0. The molecule has 2 aromatic carbocycles. The minimum Gasteiger partial charge on any atom is -0.340 e. The second-order valence-electron chi connectivity index (χ2n) is 6.76. The fourth-order valence-electron chi connectivity index (χ4n) is 3.23. The molecule has 4 aromatic rings. The zero-order chi connectivity index (χ0) is 18.1. The van der Waals surface area contributed by atoms with Crippen LogP contribution in [-0.4, -0.2) is 15.3 Å². The summed E-state index contributed by atoms with van der Waals surface area (Å²) >= 11 is 0. The van der Waals surface area contributed by atoms with Gasteiger partial charge in [-0.3, -0.25) is 9.78 Å². The molecule has 0 saturated carbocycles. The van der Waals surface area contributed by atoms with Gasteiger partial charge in [-0.05, 0) is 43.2 Å². The van der Waals surface area contributed by atoms with Crippen molar-refractivity contribution in [1.29, 1.82) is 0 Å². The summed E-state index contributed by atoms with van der Waals surface area (Å²) in [6.45, 7) is 4.66. The number of aryl methyl sites for hydroxylation is 2. The van der Waals surface area contributed by atoms with Crippen LogP contribution in [0.4, 0.5) is 0 Å². The molecule has 128 valence electrons. The predicted octanol–water partition coefficient (Wildman–Crippen LogP) is 4.93. The Balaban J connectivity index is 1.68. The summed E-state index contributed by atoms with van der Waals surface area (Å²) in [5.41, 5.74) is 5.71. The number of carbonyl (C=O) groups excluding carboxylic acids is 1. The number of nitrogens with zero attached hydrogens (tertiary/aromatic N) is 2. The van der Waals surface area contributed by atoms with E-state index in [1.54, 1.807) is 0 Å². The summed E-state index contributed by atoms with van der Waals surface area (Å²) < 4.78 is 2.02. The van der Waals surface area contributed by atoms with Crippen LogP contribution in [-0.2, 0) is 6.54 Å². The Morgan fingerprint density at radius 3 is 2.54 bits per heavy atom. The molecule has 0 fully saturated rings. The van der Waals surface area contributed by atoms with Crippen molar-refractivity contribution in [3.8, 4) is 0 Å². The third kappa shape index (κ3) is 3.16. The highest BCUT2D eigenvalue weighted by molar-refractivity contribution is 6.08. The maximum atomic E-state index is 13.0. The van der Waals surface area contributed by atoms with Crippen molar-refractivity contribution in [2.24, 2.45) is 0 Å². The number of para-hydroxylation sites is 1. The highest BCUT2D eigenvalue weighted by atomic mass is 16.1. The van der Waals surface area contributed by atoms with Crippen molar-refractivity contribution in [1.82, 2.24) is 9.55 Å². The van der Waals surface area contributed by atoms with Gasteiger partial charge in [0.05, 0.1) is 11.2 Å². The van der Waals surface area contributed by atoms with Crippen molar-refractivity contribution >= 4 is 16.7 Å². The Kier molecular flexibility index (Phi) is 4.13. The molecule has 0 radical (unpaired) electrons. The Labute approximate surface area is 152 Å². The van der Waals surface area contributed by atoms with Crippen LogP contribution < -0.4 is 0 Å². The molecular formula is C23H20N2O. The van der Waals surface area contributed by atoms with Crippen LogP contribution in [0, 0.1) is 13.8 Å². The molecule has 26 heavy (non-hydrogen) atoms. The maximum absolute atomic E-state index is 13.0. The lowest BCUT2D eigenvalue weighted by Gasteiger charge is -2.09. The first-order valence-corrected chi connectivity index (χ1v) is 8.72. The molecule has 2 aromatic heterocycles. The molecular weight excluding hydrogens is 320 g/mol. The molecule has 0 bridgehead atoms. The second-order valence-corrected chi connectivity index (χ2v) is 6.76. The maximum Gasteiger partial charge on any atom is 0.209 e. The quantitative estimate of drug-likeness (QED) is 0.494. The van der Waals surface area contributed by atoms with Gasteiger partial charge in [0.2, 0.25) is 5.78 Å². The molecule has 0 spiro atoms. The summed E-state index contributed by atoms with van der Waals surface area (Å²) in [6, 6.07) is 19.9. The lowest BCUT2D eigenvalue weighted by molar-refractivity contribution is 0.103. The molecule has 0 unspecified atom stereocenters. The third-order valence-corrected chi connectivity index (χ3v) is 4.58. The second kappa shape index (κ2) is 6.60. The van der Waals surface area contributed by atoms with E-state index < -0.39 is 0 Å². The first-order chi connectivity index (χ1) is 12.6.